The van der Waals surface area contributed by atoms with Crippen molar-refractivity contribution in [2.24, 2.45) is 0 Å². The second-order valence-electron chi connectivity index (χ2n) is 5.93. The number of carbonyl (C=O) groups is 2. The van der Waals surface area contributed by atoms with E-state index in [1.165, 1.54) is 0 Å². The molecular formula is C18H18F2N2O6. The van der Waals surface area contributed by atoms with Gasteiger partial charge >= 0.3 is 11.9 Å². The lowest BCUT2D eigenvalue weighted by Crippen LogP contribution is -2.24. The van der Waals surface area contributed by atoms with Crippen LogP contribution in [-0.2, 0) is 0 Å². The zero-order valence-electron chi connectivity index (χ0n) is 14.8. The maximum atomic E-state index is 14.4. The maximum Gasteiger partial charge on any atom is 0.342 e. The molecule has 0 fully saturated rings. The van der Waals surface area contributed by atoms with Crippen LogP contribution in [-0.4, -0.2) is 33.7 Å². The summed E-state index contributed by atoms with van der Waals surface area (Å²) in [6.07, 6.45) is 2.26. The molecule has 5 N–H and O–H groups in total. The van der Waals surface area contributed by atoms with Crippen molar-refractivity contribution in [1.82, 2.24) is 4.98 Å². The van der Waals surface area contributed by atoms with E-state index in [0.29, 0.717) is 18.6 Å². The van der Waals surface area contributed by atoms with Crippen LogP contribution in [0.3, 0.4) is 0 Å². The minimum atomic E-state index is -1.78. The zero-order valence-corrected chi connectivity index (χ0v) is 14.8. The number of halogens is 2. The first-order chi connectivity index (χ1) is 13.2. The second-order valence-corrected chi connectivity index (χ2v) is 5.93. The zero-order chi connectivity index (χ0) is 21.0. The highest BCUT2D eigenvalue weighted by molar-refractivity contribution is 6.07. The Bertz CT molecular complexity index is 964. The molecule has 1 aromatic heterocycles. The SMILES string of the molecule is CCCCCOc1c(F)cc(-c2c(C(=O)O)c(N)[nH]c(=O)c2C(=O)O)cc1F. The van der Waals surface area contributed by atoms with E-state index in [9.17, 15) is 33.4 Å². The van der Waals surface area contributed by atoms with E-state index in [2.05, 4.69) is 0 Å². The average Bonchev–Trinajstić information content (AvgIpc) is 2.58. The Balaban J connectivity index is 2.66. The number of hydrogen-bond donors (Lipinski definition) is 4. The third kappa shape index (κ3) is 4.11. The van der Waals surface area contributed by atoms with E-state index in [4.69, 9.17) is 10.5 Å². The summed E-state index contributed by atoms with van der Waals surface area (Å²) in [7, 11) is 0. The quantitative estimate of drug-likeness (QED) is 0.502. The molecule has 1 aromatic carbocycles. The number of nitrogen functional groups attached to an aromatic ring is 1. The number of aromatic amines is 1. The third-order valence-corrected chi connectivity index (χ3v) is 3.95. The first-order valence-corrected chi connectivity index (χ1v) is 8.33. The summed E-state index contributed by atoms with van der Waals surface area (Å²) in [5, 5.41) is 18.7. The number of pyridine rings is 1. The number of nitrogens with one attached hydrogen (secondary N) is 1. The van der Waals surface area contributed by atoms with E-state index in [1.807, 2.05) is 11.9 Å². The molecule has 0 aliphatic rings. The Hall–Kier alpha value is -3.43. The van der Waals surface area contributed by atoms with Gasteiger partial charge in [0.05, 0.1) is 6.61 Å². The first kappa shape index (κ1) is 20.9. The molecule has 10 heteroatoms. The van der Waals surface area contributed by atoms with E-state index in [0.717, 1.165) is 12.8 Å². The van der Waals surface area contributed by atoms with Gasteiger partial charge in [0.25, 0.3) is 5.56 Å². The smallest absolute Gasteiger partial charge is 0.342 e. The molecule has 0 unspecified atom stereocenters. The lowest BCUT2D eigenvalue weighted by molar-refractivity contribution is 0.0695. The lowest BCUT2D eigenvalue weighted by Gasteiger charge is -2.14. The molecule has 150 valence electrons. The summed E-state index contributed by atoms with van der Waals surface area (Å²) in [4.78, 5) is 36.9. The summed E-state index contributed by atoms with van der Waals surface area (Å²) >= 11 is 0. The van der Waals surface area contributed by atoms with Crippen molar-refractivity contribution in [3.63, 3.8) is 0 Å². The molecule has 0 spiro atoms. The van der Waals surface area contributed by atoms with Gasteiger partial charge in [-0.15, -0.1) is 0 Å². The molecule has 0 atom stereocenters. The number of unbranched alkanes of at least 4 members (excludes halogenated alkanes) is 2. The predicted octanol–water partition coefficient (Wildman–Crippen LogP) is 2.87. The van der Waals surface area contributed by atoms with Crippen molar-refractivity contribution in [2.75, 3.05) is 12.3 Å². The van der Waals surface area contributed by atoms with Gasteiger partial charge in [-0.3, -0.25) is 4.79 Å². The van der Waals surface area contributed by atoms with E-state index < -0.39 is 63.0 Å². The first-order valence-electron chi connectivity index (χ1n) is 8.33. The Kier molecular flexibility index (Phi) is 6.34. The minimum absolute atomic E-state index is 0.0692. The molecule has 0 saturated heterocycles. The van der Waals surface area contributed by atoms with Crippen LogP contribution in [0.15, 0.2) is 16.9 Å². The van der Waals surface area contributed by atoms with Crippen LogP contribution >= 0.6 is 0 Å². The summed E-state index contributed by atoms with van der Waals surface area (Å²) in [5.41, 5.74) is 1.34. The van der Waals surface area contributed by atoms with Crippen LogP contribution in [0.4, 0.5) is 14.6 Å². The number of benzene rings is 1. The molecule has 2 aromatic rings. The summed E-state index contributed by atoms with van der Waals surface area (Å²) in [5.74, 6) is -7.10. The van der Waals surface area contributed by atoms with Crippen molar-refractivity contribution in [3.8, 4) is 16.9 Å². The van der Waals surface area contributed by atoms with Crippen LogP contribution in [0.1, 0.15) is 46.9 Å². The van der Waals surface area contributed by atoms with Gasteiger partial charge in [0.1, 0.15) is 16.9 Å². The van der Waals surface area contributed by atoms with Crippen molar-refractivity contribution < 1.29 is 33.3 Å². The summed E-state index contributed by atoms with van der Waals surface area (Å²) in [6, 6.07) is 1.40. The average molecular weight is 396 g/mol. The maximum absolute atomic E-state index is 14.4. The Morgan fingerprint density at radius 1 is 1.11 bits per heavy atom. The molecule has 0 aliphatic carbocycles. The molecule has 0 radical (unpaired) electrons. The van der Waals surface area contributed by atoms with Gasteiger partial charge in [0.2, 0.25) is 0 Å². The Morgan fingerprint density at radius 2 is 1.68 bits per heavy atom. The predicted molar refractivity (Wildman–Crippen MR) is 95.8 cm³/mol. The van der Waals surface area contributed by atoms with Gasteiger partial charge in [-0.1, -0.05) is 19.8 Å². The number of aromatic carboxylic acids is 2. The highest BCUT2D eigenvalue weighted by Gasteiger charge is 2.28. The normalized spacial score (nSPS) is 10.7. The molecule has 0 aliphatic heterocycles. The van der Waals surface area contributed by atoms with E-state index in [-0.39, 0.29) is 6.61 Å². The number of rotatable bonds is 8. The molecule has 2 rings (SSSR count). The van der Waals surface area contributed by atoms with Gasteiger partial charge in [-0.25, -0.2) is 18.4 Å². The number of anilines is 1. The third-order valence-electron chi connectivity index (χ3n) is 3.95. The Labute approximate surface area is 157 Å². The van der Waals surface area contributed by atoms with Gasteiger partial charge in [-0.2, -0.15) is 0 Å². The molecule has 8 nitrogen and oxygen atoms in total. The van der Waals surface area contributed by atoms with Crippen molar-refractivity contribution in [1.29, 1.82) is 0 Å². The fourth-order valence-corrected chi connectivity index (χ4v) is 2.70. The van der Waals surface area contributed by atoms with Crippen LogP contribution < -0.4 is 16.0 Å². The standard InChI is InChI=1S/C18H18F2N2O6/c1-2-3-4-5-28-14-9(19)6-8(7-10(14)20)11-12(17(24)25)15(21)22-16(23)13(11)18(26)27/h6-7H,2-5H2,1H3,(H,24,25)(H,26,27)(H3,21,22,23). The summed E-state index contributed by atoms with van der Waals surface area (Å²) in [6.45, 7) is 2.02. The number of carboxylic acids is 2. The van der Waals surface area contributed by atoms with Crippen LogP contribution in [0.25, 0.3) is 11.1 Å². The van der Waals surface area contributed by atoms with Crippen molar-refractivity contribution >= 4 is 17.8 Å². The van der Waals surface area contributed by atoms with Crippen molar-refractivity contribution in [3.05, 3.63) is 45.2 Å². The van der Waals surface area contributed by atoms with Gasteiger partial charge in [0, 0.05) is 5.56 Å². The highest BCUT2D eigenvalue weighted by Crippen LogP contribution is 2.33. The van der Waals surface area contributed by atoms with Crippen LogP contribution in [0.2, 0.25) is 0 Å². The Morgan fingerprint density at radius 3 is 2.18 bits per heavy atom. The molecule has 0 saturated carbocycles. The van der Waals surface area contributed by atoms with Gasteiger partial charge < -0.3 is 25.7 Å². The number of H-pyrrole nitrogens is 1. The lowest BCUT2D eigenvalue weighted by atomic mass is 9.95. The number of nitrogens with two attached hydrogens (primary N) is 1. The number of carboxylic acid groups (broad SMARTS) is 2. The minimum Gasteiger partial charge on any atom is -0.488 e. The molecular weight excluding hydrogens is 378 g/mol. The molecule has 0 bridgehead atoms. The number of hydrogen-bond acceptors (Lipinski definition) is 5. The number of aromatic nitrogens is 1. The van der Waals surface area contributed by atoms with Gasteiger partial charge in [-0.05, 0) is 24.1 Å². The van der Waals surface area contributed by atoms with Gasteiger partial charge in [0.15, 0.2) is 17.4 Å². The fourth-order valence-electron chi connectivity index (χ4n) is 2.70. The summed E-state index contributed by atoms with van der Waals surface area (Å²) < 4.78 is 33.9. The molecule has 0 amide bonds. The van der Waals surface area contributed by atoms with Crippen LogP contribution in [0, 0.1) is 11.6 Å². The topological polar surface area (TPSA) is 143 Å². The van der Waals surface area contributed by atoms with Crippen molar-refractivity contribution in [2.45, 2.75) is 26.2 Å². The van der Waals surface area contributed by atoms with Crippen LogP contribution in [0.5, 0.6) is 5.75 Å². The fraction of sp³-hybridized carbons (Fsp3) is 0.278. The highest BCUT2D eigenvalue weighted by atomic mass is 19.1. The van der Waals surface area contributed by atoms with E-state index >= 15 is 0 Å². The van der Waals surface area contributed by atoms with E-state index in [1.54, 1.807) is 0 Å². The second kappa shape index (κ2) is 8.51. The number of ether oxygens (including phenoxy) is 1. The monoisotopic (exact) mass is 396 g/mol. The molecule has 1 heterocycles. The molecule has 28 heavy (non-hydrogen) atoms. The largest absolute Gasteiger partial charge is 0.488 e.